The van der Waals surface area contributed by atoms with Crippen molar-refractivity contribution in [2.75, 3.05) is 11.9 Å². The highest BCUT2D eigenvalue weighted by Gasteiger charge is 2.28. The van der Waals surface area contributed by atoms with Crippen LogP contribution in [-0.4, -0.2) is 32.0 Å². The molecule has 1 atom stereocenters. The summed E-state index contributed by atoms with van der Waals surface area (Å²) >= 11 is 0. The van der Waals surface area contributed by atoms with Crippen LogP contribution in [0.1, 0.15) is 35.2 Å². The fraction of sp³-hybridized carbons (Fsp3) is 0.333. The van der Waals surface area contributed by atoms with E-state index < -0.39 is 0 Å². The maximum Gasteiger partial charge on any atom is 0.280 e. The Morgan fingerprint density at radius 3 is 3.13 bits per heavy atom. The maximum atomic E-state index is 12.5. The van der Waals surface area contributed by atoms with Crippen molar-refractivity contribution in [2.45, 2.75) is 18.9 Å². The van der Waals surface area contributed by atoms with Crippen LogP contribution >= 0.6 is 0 Å². The van der Waals surface area contributed by atoms with Crippen molar-refractivity contribution < 1.29 is 13.9 Å². The molecule has 4 heterocycles. The van der Waals surface area contributed by atoms with Gasteiger partial charge in [-0.2, -0.15) is 0 Å². The summed E-state index contributed by atoms with van der Waals surface area (Å²) in [7, 11) is 1.79. The highest BCUT2D eigenvalue weighted by atomic mass is 16.5. The van der Waals surface area contributed by atoms with Crippen molar-refractivity contribution in [3.63, 3.8) is 0 Å². The number of pyridine rings is 1. The molecule has 118 valence electrons. The molecule has 3 aromatic rings. The second-order valence-corrected chi connectivity index (χ2v) is 5.36. The van der Waals surface area contributed by atoms with Gasteiger partial charge in [0.15, 0.2) is 23.5 Å². The first-order valence-corrected chi connectivity index (χ1v) is 7.38. The van der Waals surface area contributed by atoms with E-state index in [-0.39, 0.29) is 17.7 Å². The molecule has 23 heavy (non-hydrogen) atoms. The Labute approximate surface area is 131 Å². The highest BCUT2D eigenvalue weighted by Crippen LogP contribution is 2.30. The van der Waals surface area contributed by atoms with E-state index in [0.29, 0.717) is 29.5 Å². The number of fused-ring (bicyclic) bond motifs is 1. The number of carbonyl (C=O) groups excluding carboxylic acids is 1. The van der Waals surface area contributed by atoms with E-state index in [0.717, 1.165) is 12.8 Å². The number of imidazole rings is 1. The third-order valence-corrected chi connectivity index (χ3v) is 3.89. The molecule has 1 N–H and O–H groups in total. The summed E-state index contributed by atoms with van der Waals surface area (Å²) in [6.07, 6.45) is 4.51. The monoisotopic (exact) mass is 313 g/mol. The van der Waals surface area contributed by atoms with Crippen LogP contribution in [0.25, 0.3) is 11.2 Å². The standard InChI is InChI=1S/C15H15N5O3/c1-20-13-9(4-2-6-16-13)18-15(20)19-14(21)11-12(23-8-17-11)10-5-3-7-22-10/h2,4,6,8,10H,3,5,7H2,1H3,(H,18,19,21). The van der Waals surface area contributed by atoms with E-state index in [4.69, 9.17) is 9.15 Å². The fourth-order valence-corrected chi connectivity index (χ4v) is 2.73. The molecule has 3 aromatic heterocycles. The first kappa shape index (κ1) is 13.9. The van der Waals surface area contributed by atoms with Gasteiger partial charge in [-0.1, -0.05) is 0 Å². The first-order valence-electron chi connectivity index (χ1n) is 7.38. The van der Waals surface area contributed by atoms with Crippen LogP contribution in [0, 0.1) is 0 Å². The Balaban J connectivity index is 1.62. The first-order chi connectivity index (χ1) is 11.2. The normalized spacial score (nSPS) is 17.7. The zero-order valence-corrected chi connectivity index (χ0v) is 12.5. The van der Waals surface area contributed by atoms with Crippen molar-refractivity contribution in [2.24, 2.45) is 7.05 Å². The molecule has 0 radical (unpaired) electrons. The molecule has 8 nitrogen and oxygen atoms in total. The van der Waals surface area contributed by atoms with E-state index in [1.165, 1.54) is 6.39 Å². The van der Waals surface area contributed by atoms with Gasteiger partial charge in [0.05, 0.1) is 0 Å². The number of aryl methyl sites for hydroxylation is 1. The number of carbonyl (C=O) groups is 1. The number of nitrogens with one attached hydrogen (secondary N) is 1. The summed E-state index contributed by atoms with van der Waals surface area (Å²) < 4.78 is 12.6. The van der Waals surface area contributed by atoms with Gasteiger partial charge >= 0.3 is 0 Å². The Bertz CT molecular complexity index is 863. The highest BCUT2D eigenvalue weighted by molar-refractivity contribution is 6.03. The third-order valence-electron chi connectivity index (χ3n) is 3.89. The number of rotatable bonds is 3. The van der Waals surface area contributed by atoms with E-state index >= 15 is 0 Å². The predicted molar refractivity (Wildman–Crippen MR) is 80.9 cm³/mol. The average Bonchev–Trinajstić information content (AvgIpc) is 3.28. The smallest absolute Gasteiger partial charge is 0.280 e. The molecule has 1 fully saturated rings. The molecule has 0 bridgehead atoms. The largest absolute Gasteiger partial charge is 0.445 e. The van der Waals surface area contributed by atoms with E-state index in [1.54, 1.807) is 23.9 Å². The van der Waals surface area contributed by atoms with Gasteiger partial charge in [-0.05, 0) is 25.0 Å². The van der Waals surface area contributed by atoms with Crippen LogP contribution in [0.4, 0.5) is 5.95 Å². The number of aromatic nitrogens is 4. The molecule has 1 aliphatic heterocycles. The van der Waals surface area contributed by atoms with Gasteiger partial charge in [0, 0.05) is 19.9 Å². The Kier molecular flexibility index (Phi) is 3.30. The number of amides is 1. The number of oxazole rings is 1. The van der Waals surface area contributed by atoms with Crippen molar-refractivity contribution >= 4 is 23.0 Å². The second kappa shape index (κ2) is 5.47. The summed E-state index contributed by atoms with van der Waals surface area (Å²) in [6.45, 7) is 0.669. The molecular weight excluding hydrogens is 298 g/mol. The van der Waals surface area contributed by atoms with Gasteiger partial charge in [-0.25, -0.2) is 15.0 Å². The molecule has 1 unspecified atom stereocenters. The SMILES string of the molecule is Cn1c(NC(=O)c2ncoc2C2CCCO2)nc2cccnc21. The van der Waals surface area contributed by atoms with Gasteiger partial charge in [0.1, 0.15) is 11.6 Å². The predicted octanol–water partition coefficient (Wildman–Crippen LogP) is 2.06. The Hall–Kier alpha value is -2.74. The Morgan fingerprint density at radius 2 is 2.35 bits per heavy atom. The lowest BCUT2D eigenvalue weighted by Gasteiger charge is -2.08. The van der Waals surface area contributed by atoms with Crippen molar-refractivity contribution in [3.05, 3.63) is 36.2 Å². The minimum atomic E-state index is -0.373. The summed E-state index contributed by atoms with van der Waals surface area (Å²) in [5, 5.41) is 2.76. The number of anilines is 1. The molecule has 0 saturated carbocycles. The van der Waals surface area contributed by atoms with Gasteiger partial charge < -0.3 is 9.15 Å². The van der Waals surface area contributed by atoms with E-state index in [9.17, 15) is 4.79 Å². The lowest BCUT2D eigenvalue weighted by Crippen LogP contribution is -2.18. The molecule has 0 aromatic carbocycles. The van der Waals surface area contributed by atoms with Crippen LogP contribution < -0.4 is 5.32 Å². The number of hydrogen-bond donors (Lipinski definition) is 1. The van der Waals surface area contributed by atoms with Gasteiger partial charge in [-0.15, -0.1) is 0 Å². The maximum absolute atomic E-state index is 12.5. The van der Waals surface area contributed by atoms with Crippen LogP contribution in [-0.2, 0) is 11.8 Å². The minimum Gasteiger partial charge on any atom is -0.445 e. The molecule has 0 spiro atoms. The van der Waals surface area contributed by atoms with Crippen molar-refractivity contribution in [3.8, 4) is 0 Å². The fourth-order valence-electron chi connectivity index (χ4n) is 2.73. The molecule has 8 heteroatoms. The topological polar surface area (TPSA) is 95.1 Å². The lowest BCUT2D eigenvalue weighted by molar-refractivity contribution is 0.0889. The second-order valence-electron chi connectivity index (χ2n) is 5.36. The zero-order chi connectivity index (χ0) is 15.8. The summed E-state index contributed by atoms with van der Waals surface area (Å²) in [4.78, 5) is 25.2. The van der Waals surface area contributed by atoms with Crippen LogP contribution in [0.3, 0.4) is 0 Å². The molecular formula is C15H15N5O3. The molecule has 0 aliphatic carbocycles. The van der Waals surface area contributed by atoms with Crippen LogP contribution in [0.2, 0.25) is 0 Å². The average molecular weight is 313 g/mol. The zero-order valence-electron chi connectivity index (χ0n) is 12.5. The van der Waals surface area contributed by atoms with Crippen LogP contribution in [0.15, 0.2) is 29.1 Å². The molecule has 1 saturated heterocycles. The third kappa shape index (κ3) is 2.36. The molecule has 4 rings (SSSR count). The minimum absolute atomic E-state index is 0.208. The van der Waals surface area contributed by atoms with Crippen molar-refractivity contribution in [1.82, 2.24) is 19.5 Å². The van der Waals surface area contributed by atoms with Crippen LogP contribution in [0.5, 0.6) is 0 Å². The number of hydrogen-bond acceptors (Lipinski definition) is 6. The summed E-state index contributed by atoms with van der Waals surface area (Å²) in [6, 6.07) is 3.64. The van der Waals surface area contributed by atoms with E-state index in [2.05, 4.69) is 20.3 Å². The number of nitrogens with zero attached hydrogens (tertiary/aromatic N) is 4. The van der Waals surface area contributed by atoms with Gasteiger partial charge in [-0.3, -0.25) is 14.7 Å². The molecule has 1 aliphatic rings. The Morgan fingerprint density at radius 1 is 1.43 bits per heavy atom. The lowest BCUT2D eigenvalue weighted by atomic mass is 10.1. The van der Waals surface area contributed by atoms with E-state index in [1.807, 2.05) is 6.07 Å². The number of ether oxygens (including phenoxy) is 1. The summed E-state index contributed by atoms with van der Waals surface area (Å²) in [5.74, 6) is 0.504. The van der Waals surface area contributed by atoms with Gasteiger partial charge in [0.25, 0.3) is 5.91 Å². The quantitative estimate of drug-likeness (QED) is 0.795. The van der Waals surface area contributed by atoms with Crippen molar-refractivity contribution in [1.29, 1.82) is 0 Å². The summed E-state index contributed by atoms with van der Waals surface area (Å²) in [5.41, 5.74) is 1.64. The van der Waals surface area contributed by atoms with Gasteiger partial charge in [0.2, 0.25) is 5.95 Å². The molecule has 1 amide bonds.